The van der Waals surface area contributed by atoms with Crippen molar-refractivity contribution in [2.45, 2.75) is 0 Å². The van der Waals surface area contributed by atoms with E-state index in [2.05, 4.69) is 9.88 Å². The fourth-order valence-electron chi connectivity index (χ4n) is 1.45. The number of aromatic nitrogens is 1. The maximum Gasteiger partial charge on any atom is 0.131 e. The third-order valence-electron chi connectivity index (χ3n) is 2.15. The number of hydrogen-bond donors (Lipinski definition) is 0. The van der Waals surface area contributed by atoms with E-state index in [9.17, 15) is 0 Å². The highest BCUT2D eigenvalue weighted by molar-refractivity contribution is 6.34. The van der Waals surface area contributed by atoms with Crippen molar-refractivity contribution < 1.29 is 4.74 Å². The number of nitrogens with zero attached hydrogens (tertiary/aromatic N) is 2. The molecule has 2 heterocycles. The van der Waals surface area contributed by atoms with E-state index in [1.165, 1.54) is 0 Å². The van der Waals surface area contributed by atoms with Gasteiger partial charge >= 0.3 is 0 Å². The molecule has 1 fully saturated rings. The van der Waals surface area contributed by atoms with Gasteiger partial charge in [-0.3, -0.25) is 0 Å². The number of ether oxygens (including phenoxy) is 1. The zero-order chi connectivity index (χ0) is 9.97. The molecule has 1 saturated heterocycles. The van der Waals surface area contributed by atoms with Crippen LogP contribution in [0.1, 0.15) is 0 Å². The van der Waals surface area contributed by atoms with Gasteiger partial charge in [-0.05, 0) is 0 Å². The normalized spacial score (nSPS) is 17.1. The molecule has 0 amide bonds. The Morgan fingerprint density at radius 3 is 2.71 bits per heavy atom. The molecule has 0 radical (unpaired) electrons. The van der Waals surface area contributed by atoms with Crippen molar-refractivity contribution >= 4 is 28.9 Å². The van der Waals surface area contributed by atoms with Crippen LogP contribution in [0.15, 0.2) is 12.3 Å². The molecule has 1 aliphatic heterocycles. The lowest BCUT2D eigenvalue weighted by Gasteiger charge is -2.29. The predicted molar refractivity (Wildman–Crippen MR) is 57.3 cm³/mol. The van der Waals surface area contributed by atoms with Crippen molar-refractivity contribution in [3.63, 3.8) is 0 Å². The summed E-state index contributed by atoms with van der Waals surface area (Å²) in [6.45, 7) is 3.16. The Morgan fingerprint density at radius 2 is 2.00 bits per heavy atom. The molecular formula is C9H10Cl2N2O. The molecule has 76 valence electrons. The summed E-state index contributed by atoms with van der Waals surface area (Å²) in [5.74, 6) is 0. The van der Waals surface area contributed by atoms with Gasteiger partial charge in [-0.15, -0.1) is 0 Å². The van der Waals surface area contributed by atoms with E-state index in [1.807, 2.05) is 0 Å². The Labute approximate surface area is 92.6 Å². The SMILES string of the molecule is Clc1cc(N2CCOCC2)c(Cl)cn1. The number of rotatable bonds is 1. The van der Waals surface area contributed by atoms with Gasteiger partial charge in [0.1, 0.15) is 5.15 Å². The standard InChI is InChI=1S/C9H10Cl2N2O/c10-7-6-12-9(11)5-8(7)13-1-3-14-4-2-13/h5-6H,1-4H2. The van der Waals surface area contributed by atoms with E-state index in [0.717, 1.165) is 32.0 Å². The summed E-state index contributed by atoms with van der Waals surface area (Å²) in [7, 11) is 0. The van der Waals surface area contributed by atoms with Gasteiger partial charge in [0.25, 0.3) is 0 Å². The Bertz CT molecular complexity index is 327. The molecule has 1 aliphatic rings. The molecule has 1 aromatic heterocycles. The summed E-state index contributed by atoms with van der Waals surface area (Å²) in [5, 5.41) is 1.10. The van der Waals surface area contributed by atoms with Crippen molar-refractivity contribution in [3.05, 3.63) is 22.4 Å². The molecule has 2 rings (SSSR count). The van der Waals surface area contributed by atoms with Gasteiger partial charge in [0.05, 0.1) is 23.9 Å². The number of pyridine rings is 1. The van der Waals surface area contributed by atoms with Crippen molar-refractivity contribution in [1.82, 2.24) is 4.98 Å². The molecule has 0 N–H and O–H groups in total. The molecule has 0 unspecified atom stereocenters. The lowest BCUT2D eigenvalue weighted by atomic mass is 10.3. The van der Waals surface area contributed by atoms with Crippen molar-refractivity contribution in [3.8, 4) is 0 Å². The van der Waals surface area contributed by atoms with Crippen molar-refractivity contribution in [2.24, 2.45) is 0 Å². The van der Waals surface area contributed by atoms with Crippen LogP contribution >= 0.6 is 23.2 Å². The van der Waals surface area contributed by atoms with Crippen LogP contribution in [0.2, 0.25) is 10.2 Å². The van der Waals surface area contributed by atoms with E-state index >= 15 is 0 Å². The highest BCUT2D eigenvalue weighted by Crippen LogP contribution is 2.27. The number of morpholine rings is 1. The van der Waals surface area contributed by atoms with Crippen molar-refractivity contribution in [2.75, 3.05) is 31.2 Å². The van der Waals surface area contributed by atoms with E-state index in [-0.39, 0.29) is 0 Å². The molecule has 0 bridgehead atoms. The van der Waals surface area contributed by atoms with E-state index < -0.39 is 0 Å². The van der Waals surface area contributed by atoms with Gasteiger partial charge < -0.3 is 9.64 Å². The third-order valence-corrected chi connectivity index (χ3v) is 2.65. The maximum absolute atomic E-state index is 6.03. The molecule has 0 aromatic carbocycles. The van der Waals surface area contributed by atoms with Crippen molar-refractivity contribution in [1.29, 1.82) is 0 Å². The molecule has 0 spiro atoms. The predicted octanol–water partition coefficient (Wildman–Crippen LogP) is 2.22. The molecule has 14 heavy (non-hydrogen) atoms. The van der Waals surface area contributed by atoms with Gasteiger partial charge in [0.2, 0.25) is 0 Å². The molecule has 5 heteroatoms. The Kier molecular flexibility index (Phi) is 3.11. The molecule has 1 aromatic rings. The number of hydrogen-bond acceptors (Lipinski definition) is 3. The van der Waals surface area contributed by atoms with E-state index in [0.29, 0.717) is 10.2 Å². The van der Waals surface area contributed by atoms with Crippen LogP contribution in [-0.2, 0) is 4.74 Å². The molecule has 0 aliphatic carbocycles. The Hall–Kier alpha value is -0.510. The molecule has 0 atom stereocenters. The van der Waals surface area contributed by atoms with Crippen LogP contribution in [0.3, 0.4) is 0 Å². The summed E-state index contributed by atoms with van der Waals surface area (Å²) in [6.07, 6.45) is 1.58. The van der Waals surface area contributed by atoms with E-state index in [4.69, 9.17) is 27.9 Å². The monoisotopic (exact) mass is 232 g/mol. The number of halogens is 2. The fourth-order valence-corrected chi connectivity index (χ4v) is 1.83. The van der Waals surface area contributed by atoms with Gasteiger partial charge in [-0.1, -0.05) is 23.2 Å². The van der Waals surface area contributed by atoms with Crippen LogP contribution in [0.5, 0.6) is 0 Å². The summed E-state index contributed by atoms with van der Waals surface area (Å²) in [6, 6.07) is 1.79. The van der Waals surface area contributed by atoms with Crippen LogP contribution in [0.25, 0.3) is 0 Å². The summed E-state index contributed by atoms with van der Waals surface area (Å²) in [4.78, 5) is 6.06. The maximum atomic E-state index is 6.03. The molecule has 0 saturated carbocycles. The molecular weight excluding hydrogens is 223 g/mol. The van der Waals surface area contributed by atoms with Gasteiger partial charge in [-0.25, -0.2) is 4.98 Å². The summed E-state index contributed by atoms with van der Waals surface area (Å²) < 4.78 is 5.26. The highest BCUT2D eigenvalue weighted by Gasteiger charge is 2.14. The van der Waals surface area contributed by atoms with Crippen LogP contribution in [0.4, 0.5) is 5.69 Å². The topological polar surface area (TPSA) is 25.4 Å². The molecule has 3 nitrogen and oxygen atoms in total. The van der Waals surface area contributed by atoms with Crippen LogP contribution in [0, 0.1) is 0 Å². The first-order valence-corrected chi connectivity index (χ1v) is 5.17. The first kappa shape index (κ1) is 10.0. The average molecular weight is 233 g/mol. The Morgan fingerprint density at radius 1 is 1.29 bits per heavy atom. The zero-order valence-electron chi connectivity index (χ0n) is 7.54. The minimum Gasteiger partial charge on any atom is -0.378 e. The lowest BCUT2D eigenvalue weighted by molar-refractivity contribution is 0.122. The highest BCUT2D eigenvalue weighted by atomic mass is 35.5. The summed E-state index contributed by atoms with van der Waals surface area (Å²) >= 11 is 11.8. The summed E-state index contributed by atoms with van der Waals surface area (Å²) in [5.41, 5.74) is 0.940. The lowest BCUT2D eigenvalue weighted by Crippen LogP contribution is -2.36. The number of anilines is 1. The van der Waals surface area contributed by atoms with Gasteiger partial charge in [0.15, 0.2) is 0 Å². The second-order valence-corrected chi connectivity index (χ2v) is 3.85. The van der Waals surface area contributed by atoms with Crippen LogP contribution < -0.4 is 4.90 Å². The van der Waals surface area contributed by atoms with E-state index in [1.54, 1.807) is 12.3 Å². The minimum absolute atomic E-state index is 0.468. The van der Waals surface area contributed by atoms with Crippen LogP contribution in [-0.4, -0.2) is 31.3 Å². The first-order valence-electron chi connectivity index (χ1n) is 4.41. The smallest absolute Gasteiger partial charge is 0.131 e. The second kappa shape index (κ2) is 4.34. The van der Waals surface area contributed by atoms with Gasteiger partial charge in [-0.2, -0.15) is 0 Å². The minimum atomic E-state index is 0.468. The fraction of sp³-hybridized carbons (Fsp3) is 0.444. The average Bonchev–Trinajstić information content (AvgIpc) is 2.23. The second-order valence-electron chi connectivity index (χ2n) is 3.06. The quantitative estimate of drug-likeness (QED) is 0.695. The largest absolute Gasteiger partial charge is 0.378 e. The Balaban J connectivity index is 2.24. The van der Waals surface area contributed by atoms with Gasteiger partial charge in [0, 0.05) is 25.4 Å². The zero-order valence-corrected chi connectivity index (χ0v) is 9.05. The third kappa shape index (κ3) is 2.11. The first-order chi connectivity index (χ1) is 6.77.